The Bertz CT molecular complexity index is 568. The topological polar surface area (TPSA) is 41.6 Å². The van der Waals surface area contributed by atoms with Gasteiger partial charge in [-0.3, -0.25) is 4.79 Å². The fraction of sp³-hybridized carbons (Fsp3) is 0.650. The van der Waals surface area contributed by atoms with Crippen molar-refractivity contribution < 1.29 is 9.53 Å². The lowest BCUT2D eigenvalue weighted by atomic mass is 9.91. The van der Waals surface area contributed by atoms with Crippen molar-refractivity contribution >= 4 is 18.3 Å². The van der Waals surface area contributed by atoms with Gasteiger partial charge in [-0.15, -0.1) is 12.4 Å². The third-order valence-corrected chi connectivity index (χ3v) is 6.20. The van der Waals surface area contributed by atoms with Gasteiger partial charge in [0.25, 0.3) is 0 Å². The maximum atomic E-state index is 13.2. The van der Waals surface area contributed by atoms with Crippen molar-refractivity contribution in [3.63, 3.8) is 0 Å². The lowest BCUT2D eigenvalue weighted by molar-refractivity contribution is -0.136. The van der Waals surface area contributed by atoms with Gasteiger partial charge in [0.1, 0.15) is 0 Å². The van der Waals surface area contributed by atoms with Gasteiger partial charge in [0.2, 0.25) is 5.91 Å². The minimum absolute atomic E-state index is 0. The summed E-state index contributed by atoms with van der Waals surface area (Å²) in [7, 11) is 0. The van der Waals surface area contributed by atoms with E-state index in [0.717, 1.165) is 58.3 Å². The Morgan fingerprint density at radius 2 is 2.00 bits per heavy atom. The van der Waals surface area contributed by atoms with Crippen LogP contribution in [0.3, 0.4) is 0 Å². The molecule has 4 rings (SSSR count). The zero-order valence-corrected chi connectivity index (χ0v) is 15.6. The van der Waals surface area contributed by atoms with E-state index in [1.54, 1.807) is 0 Å². The molecule has 138 valence electrons. The molecule has 1 amide bonds. The highest BCUT2D eigenvalue weighted by Crippen LogP contribution is 2.59. The molecule has 1 aromatic carbocycles. The molecule has 2 atom stereocenters. The molecule has 2 aliphatic heterocycles. The molecule has 0 aromatic heterocycles. The van der Waals surface area contributed by atoms with Crippen molar-refractivity contribution in [2.45, 2.75) is 38.1 Å². The van der Waals surface area contributed by atoms with Crippen LogP contribution in [0.5, 0.6) is 0 Å². The third-order valence-electron chi connectivity index (χ3n) is 6.20. The van der Waals surface area contributed by atoms with Crippen molar-refractivity contribution in [1.29, 1.82) is 0 Å². The smallest absolute Gasteiger partial charge is 0.226 e. The summed E-state index contributed by atoms with van der Waals surface area (Å²) in [6.45, 7) is 4.46. The molecule has 4 nitrogen and oxygen atoms in total. The summed E-state index contributed by atoms with van der Waals surface area (Å²) in [5, 5.41) is 3.43. The molecular weight excluding hydrogens is 336 g/mol. The van der Waals surface area contributed by atoms with Gasteiger partial charge < -0.3 is 15.0 Å². The third kappa shape index (κ3) is 4.02. The van der Waals surface area contributed by atoms with Crippen LogP contribution in [0.1, 0.15) is 31.2 Å². The van der Waals surface area contributed by atoms with Crippen LogP contribution in [-0.2, 0) is 16.0 Å². The number of benzene rings is 1. The van der Waals surface area contributed by atoms with Crippen molar-refractivity contribution in [1.82, 2.24) is 10.2 Å². The molecule has 25 heavy (non-hydrogen) atoms. The SMILES string of the molecule is Cl.O=C(C1CC12CCNCC2)N(CCc1ccccc1)C1CCOC1. The fourth-order valence-electron chi connectivity index (χ4n) is 4.51. The summed E-state index contributed by atoms with van der Waals surface area (Å²) < 4.78 is 5.57. The van der Waals surface area contributed by atoms with Crippen LogP contribution < -0.4 is 5.32 Å². The van der Waals surface area contributed by atoms with Crippen LogP contribution in [0.4, 0.5) is 0 Å². The predicted molar refractivity (Wildman–Crippen MR) is 101 cm³/mol. The number of nitrogens with one attached hydrogen (secondary N) is 1. The lowest BCUT2D eigenvalue weighted by Crippen LogP contribution is -2.44. The second-order valence-corrected chi connectivity index (χ2v) is 7.65. The number of rotatable bonds is 5. The van der Waals surface area contributed by atoms with Crippen LogP contribution in [0.25, 0.3) is 0 Å². The zero-order chi connectivity index (χ0) is 16.4. The summed E-state index contributed by atoms with van der Waals surface area (Å²) in [6.07, 6.45) is 5.35. The Morgan fingerprint density at radius 3 is 2.68 bits per heavy atom. The van der Waals surface area contributed by atoms with Gasteiger partial charge in [-0.1, -0.05) is 30.3 Å². The Hall–Kier alpha value is -1.10. The minimum Gasteiger partial charge on any atom is -0.379 e. The highest BCUT2D eigenvalue weighted by atomic mass is 35.5. The quantitative estimate of drug-likeness (QED) is 0.873. The standard InChI is InChI=1S/C20H28N2O2.ClH/c23-19(18-14-20(18)8-10-21-11-9-20)22(17-7-13-24-15-17)12-6-16-4-2-1-3-5-16;/h1-5,17-18,21H,6-15H2;1H. The van der Waals surface area contributed by atoms with E-state index in [4.69, 9.17) is 4.74 Å². The highest BCUT2D eigenvalue weighted by Gasteiger charge is 2.59. The van der Waals surface area contributed by atoms with E-state index in [1.807, 2.05) is 6.07 Å². The first kappa shape index (κ1) is 18.7. The first-order valence-corrected chi connectivity index (χ1v) is 9.41. The van der Waals surface area contributed by atoms with Crippen LogP contribution in [-0.4, -0.2) is 49.7 Å². The molecule has 2 unspecified atom stereocenters. The average molecular weight is 365 g/mol. The fourth-order valence-corrected chi connectivity index (χ4v) is 4.51. The monoisotopic (exact) mass is 364 g/mol. The van der Waals surface area contributed by atoms with E-state index < -0.39 is 0 Å². The Balaban J connectivity index is 0.00000182. The number of ether oxygens (including phenoxy) is 1. The van der Waals surface area contributed by atoms with E-state index in [-0.39, 0.29) is 24.4 Å². The molecule has 1 saturated carbocycles. The molecular formula is C20H29ClN2O2. The van der Waals surface area contributed by atoms with Crippen molar-refractivity contribution in [3.05, 3.63) is 35.9 Å². The normalized spacial score (nSPS) is 26.9. The van der Waals surface area contributed by atoms with Gasteiger partial charge in [-0.05, 0) is 56.2 Å². The number of amides is 1. The summed E-state index contributed by atoms with van der Waals surface area (Å²) >= 11 is 0. The van der Waals surface area contributed by atoms with Gasteiger partial charge in [0.05, 0.1) is 12.6 Å². The first-order chi connectivity index (χ1) is 11.8. The van der Waals surface area contributed by atoms with Crippen LogP contribution in [0.2, 0.25) is 0 Å². The number of halogens is 1. The summed E-state index contributed by atoms with van der Waals surface area (Å²) in [5.74, 6) is 0.652. The first-order valence-electron chi connectivity index (χ1n) is 9.41. The maximum absolute atomic E-state index is 13.2. The number of nitrogens with zero attached hydrogens (tertiary/aromatic N) is 1. The van der Waals surface area contributed by atoms with Gasteiger partial charge >= 0.3 is 0 Å². The molecule has 0 radical (unpaired) electrons. The molecule has 5 heteroatoms. The van der Waals surface area contributed by atoms with E-state index in [0.29, 0.717) is 17.9 Å². The van der Waals surface area contributed by atoms with Gasteiger partial charge in [-0.25, -0.2) is 0 Å². The molecule has 2 heterocycles. The van der Waals surface area contributed by atoms with Gasteiger partial charge in [0, 0.05) is 19.1 Å². The van der Waals surface area contributed by atoms with Crippen molar-refractivity contribution in [3.8, 4) is 0 Å². The van der Waals surface area contributed by atoms with Gasteiger partial charge in [-0.2, -0.15) is 0 Å². The van der Waals surface area contributed by atoms with Crippen molar-refractivity contribution in [2.24, 2.45) is 11.3 Å². The second kappa shape index (κ2) is 8.07. The van der Waals surface area contributed by atoms with E-state index in [1.165, 1.54) is 5.56 Å². The maximum Gasteiger partial charge on any atom is 0.226 e. The average Bonchev–Trinajstić information content (AvgIpc) is 3.06. The van der Waals surface area contributed by atoms with Crippen molar-refractivity contribution in [2.75, 3.05) is 32.8 Å². The number of hydrogen-bond acceptors (Lipinski definition) is 3. The van der Waals surface area contributed by atoms with E-state index in [2.05, 4.69) is 34.5 Å². The summed E-state index contributed by atoms with van der Waals surface area (Å²) in [6, 6.07) is 10.8. The highest BCUT2D eigenvalue weighted by molar-refractivity contribution is 5.85. The van der Waals surface area contributed by atoms with E-state index in [9.17, 15) is 4.79 Å². The molecule has 1 aliphatic carbocycles. The Labute approximate surface area is 156 Å². The second-order valence-electron chi connectivity index (χ2n) is 7.65. The van der Waals surface area contributed by atoms with Gasteiger partial charge in [0.15, 0.2) is 0 Å². The number of carbonyl (C=O) groups excluding carboxylic acids is 1. The zero-order valence-electron chi connectivity index (χ0n) is 14.8. The van der Waals surface area contributed by atoms with Crippen LogP contribution in [0, 0.1) is 11.3 Å². The lowest BCUT2D eigenvalue weighted by Gasteiger charge is -2.30. The predicted octanol–water partition coefficient (Wildman–Crippen LogP) is 2.66. The minimum atomic E-state index is 0. The molecule has 3 fully saturated rings. The Morgan fingerprint density at radius 1 is 1.24 bits per heavy atom. The number of piperidine rings is 1. The molecule has 0 bridgehead atoms. The summed E-state index contributed by atoms with van der Waals surface area (Å²) in [5.41, 5.74) is 1.62. The van der Waals surface area contributed by atoms with E-state index >= 15 is 0 Å². The summed E-state index contributed by atoms with van der Waals surface area (Å²) in [4.78, 5) is 15.4. The number of hydrogen-bond donors (Lipinski definition) is 1. The molecule has 1 spiro atoms. The molecule has 2 saturated heterocycles. The van der Waals surface area contributed by atoms with Crippen LogP contribution >= 0.6 is 12.4 Å². The molecule has 1 aromatic rings. The molecule has 3 aliphatic rings. The largest absolute Gasteiger partial charge is 0.379 e. The van der Waals surface area contributed by atoms with Crippen LogP contribution in [0.15, 0.2) is 30.3 Å². The Kier molecular flexibility index (Phi) is 6.03. The number of carbonyl (C=O) groups is 1. The molecule has 1 N–H and O–H groups in total.